The molecule has 5 rings (SSSR count). The van der Waals surface area contributed by atoms with Gasteiger partial charge in [0.15, 0.2) is 31.5 Å². The van der Waals surface area contributed by atoms with E-state index in [1.165, 1.54) is 0 Å². The Bertz CT molecular complexity index is 1500. The van der Waals surface area contributed by atoms with Crippen molar-refractivity contribution in [1.82, 2.24) is 10.6 Å². The first-order chi connectivity index (χ1) is 30.8. The van der Waals surface area contributed by atoms with Crippen LogP contribution in [0.1, 0.15) is 13.8 Å². The van der Waals surface area contributed by atoms with Crippen molar-refractivity contribution >= 4 is 11.8 Å². The largest absolute Gasteiger partial charge is 0.394 e. The molecular formula is C36H63N3O26. The van der Waals surface area contributed by atoms with Gasteiger partial charge in [-0.15, -0.1) is 0 Å². The maximum atomic E-state index is 12.7. The van der Waals surface area contributed by atoms with Gasteiger partial charge in [-0.1, -0.05) is 0 Å². The van der Waals surface area contributed by atoms with Crippen LogP contribution in [0.4, 0.5) is 0 Å². The molecule has 0 radical (unpaired) electrons. The van der Waals surface area contributed by atoms with Crippen molar-refractivity contribution < 1.29 is 128 Å². The Balaban J connectivity index is 1.41. The zero-order valence-electron chi connectivity index (χ0n) is 35.1. The summed E-state index contributed by atoms with van der Waals surface area (Å²) < 4.78 is 57.3. The van der Waals surface area contributed by atoms with E-state index in [9.17, 15) is 81.1 Å². The molecule has 0 aromatic rings. The highest BCUT2D eigenvalue weighted by Gasteiger charge is 2.57. The minimum absolute atomic E-state index is 0.00435. The summed E-state index contributed by atoms with van der Waals surface area (Å²) in [6.07, 6.45) is -41.3. The molecule has 25 atom stereocenters. The summed E-state index contributed by atoms with van der Waals surface area (Å²) in [5.74, 6) is -1.56. The zero-order chi connectivity index (χ0) is 48.0. The number of aliphatic hydroxyl groups excluding tert-OH is 14. The van der Waals surface area contributed by atoms with Gasteiger partial charge in [-0.2, -0.15) is 0 Å². The second-order valence-corrected chi connectivity index (χ2v) is 16.1. The maximum absolute atomic E-state index is 12.7. The van der Waals surface area contributed by atoms with Crippen molar-refractivity contribution in [3.63, 3.8) is 0 Å². The van der Waals surface area contributed by atoms with E-state index in [2.05, 4.69) is 10.6 Å². The fraction of sp³-hybridized carbons (Fsp3) is 0.944. The molecule has 0 aliphatic carbocycles. The molecule has 29 nitrogen and oxygen atoms in total. The van der Waals surface area contributed by atoms with Crippen LogP contribution in [0.5, 0.6) is 0 Å². The molecule has 5 aliphatic heterocycles. The lowest BCUT2D eigenvalue weighted by atomic mass is 9.94. The molecule has 0 aromatic heterocycles. The minimum atomic E-state index is -2.14. The topological polar surface area (TPSA) is 460 Å². The Labute approximate surface area is 370 Å². The van der Waals surface area contributed by atoms with Crippen LogP contribution in [-0.4, -0.2) is 283 Å². The predicted molar refractivity (Wildman–Crippen MR) is 203 cm³/mol. The van der Waals surface area contributed by atoms with Crippen molar-refractivity contribution in [2.24, 2.45) is 5.73 Å². The lowest BCUT2D eigenvalue weighted by Crippen LogP contribution is -2.70. The van der Waals surface area contributed by atoms with Crippen LogP contribution in [0.3, 0.4) is 0 Å². The highest BCUT2D eigenvalue weighted by Crippen LogP contribution is 2.35. The maximum Gasteiger partial charge on any atom is 0.217 e. The number of aliphatic hydroxyl groups is 14. The molecule has 0 saturated carbocycles. The Hall–Kier alpha value is -2.06. The third kappa shape index (κ3) is 12.2. The fourth-order valence-corrected chi connectivity index (χ4v) is 8.01. The number of carbonyl (C=O) groups is 2. The van der Waals surface area contributed by atoms with E-state index in [4.69, 9.17) is 53.1 Å². The van der Waals surface area contributed by atoms with E-state index in [0.717, 1.165) is 13.8 Å². The molecular weight excluding hydrogens is 890 g/mol. The Morgan fingerprint density at radius 2 is 0.877 bits per heavy atom. The van der Waals surface area contributed by atoms with Gasteiger partial charge in [0.1, 0.15) is 122 Å². The molecule has 29 heteroatoms. The molecule has 18 N–H and O–H groups in total. The summed E-state index contributed by atoms with van der Waals surface area (Å²) in [5, 5.41) is 154. The van der Waals surface area contributed by atoms with Gasteiger partial charge in [0.05, 0.1) is 39.6 Å². The highest BCUT2D eigenvalue weighted by atomic mass is 16.8. The third-order valence-corrected chi connectivity index (χ3v) is 11.5. The first kappa shape index (κ1) is 53.9. The van der Waals surface area contributed by atoms with Crippen LogP contribution in [0.25, 0.3) is 0 Å². The molecule has 5 heterocycles. The number of hydrogen-bond donors (Lipinski definition) is 17. The average molecular weight is 954 g/mol. The van der Waals surface area contributed by atoms with Crippen molar-refractivity contribution in [2.75, 3.05) is 46.2 Å². The molecule has 0 aromatic carbocycles. The molecule has 65 heavy (non-hydrogen) atoms. The van der Waals surface area contributed by atoms with Gasteiger partial charge in [-0.3, -0.25) is 9.59 Å². The molecule has 5 aliphatic rings. The molecule has 378 valence electrons. The lowest BCUT2D eigenvalue weighted by Gasteiger charge is -2.50. The molecule has 0 unspecified atom stereocenters. The van der Waals surface area contributed by atoms with Crippen LogP contribution in [0, 0.1) is 0 Å². The number of amides is 2. The van der Waals surface area contributed by atoms with Crippen molar-refractivity contribution in [3.8, 4) is 0 Å². The molecule has 5 saturated heterocycles. The summed E-state index contributed by atoms with van der Waals surface area (Å²) in [7, 11) is 0. The normalized spacial score (nSPS) is 47.2. The van der Waals surface area contributed by atoms with Crippen LogP contribution < -0.4 is 16.4 Å². The molecule has 2 amide bonds. The number of carbonyl (C=O) groups excluding carboxylic acids is 2. The second kappa shape index (κ2) is 24.0. The standard InChI is InChI=1S/C36H63N3O26/c1-10(44)38-17-24(51)19(46)12(5-40)58-32(17)64-30-23(50)15(8-43)60-35(28(30)55)63-29-18(39-11(2)45)33(59-14(7-42)22(29)49)65-31-26(53)20(47)13(6-41)61-36(31)57-9-16-21(48)25(52)27(54)34(62-16)56-4-3-37/h12-36,40-43,46-55H,3-9,37H2,1-2H3,(H,38,44)(H,39,45)/t12-,13-,14-,15-,16-,17-,18-,19-,20-,21-,22-,23+,24-,25+,26+,27-,28-,29-,30+,31-,32+,33+,34+,35-,36+/m1/s1. The summed E-state index contributed by atoms with van der Waals surface area (Å²) in [6.45, 7) is -2.39. The number of nitrogens with one attached hydrogen (secondary N) is 2. The van der Waals surface area contributed by atoms with E-state index < -0.39 is 198 Å². The Morgan fingerprint density at radius 1 is 0.446 bits per heavy atom. The van der Waals surface area contributed by atoms with Crippen molar-refractivity contribution in [3.05, 3.63) is 0 Å². The van der Waals surface area contributed by atoms with Crippen LogP contribution in [0.2, 0.25) is 0 Å². The molecule has 5 fully saturated rings. The zero-order valence-corrected chi connectivity index (χ0v) is 35.1. The fourth-order valence-electron chi connectivity index (χ4n) is 8.01. The van der Waals surface area contributed by atoms with Gasteiger partial charge in [-0.25, -0.2) is 0 Å². The Kier molecular flexibility index (Phi) is 19.9. The van der Waals surface area contributed by atoms with Gasteiger partial charge < -0.3 is 135 Å². The highest BCUT2D eigenvalue weighted by molar-refractivity contribution is 5.73. The SMILES string of the molecule is CC(=O)N[C@H]1[C@H](O[C@H]2[C@@H](O)[C@@H](CO)O[C@H](O[C@H]3[C@H](O)[C@@H](CO)O[C@@H](O[C@H]4[C@@H](OC[C@H]5O[C@H](OCCN)[C@H](O)[C@@H](O)[C@@H]5O)O[C@H](CO)[C@@H](O)[C@@H]4O)[C@@H]3NC(C)=O)[C@@H]2O)O[C@H](CO)[C@@H](O)[C@@H]1O. The minimum Gasteiger partial charge on any atom is -0.394 e. The molecule has 0 bridgehead atoms. The Morgan fingerprint density at radius 3 is 1.43 bits per heavy atom. The first-order valence-electron chi connectivity index (χ1n) is 20.8. The van der Waals surface area contributed by atoms with Crippen molar-refractivity contribution in [1.29, 1.82) is 0 Å². The number of ether oxygens (including phenoxy) is 10. The van der Waals surface area contributed by atoms with Gasteiger partial charge in [0, 0.05) is 20.4 Å². The summed E-state index contributed by atoms with van der Waals surface area (Å²) in [4.78, 5) is 24.7. The van der Waals surface area contributed by atoms with E-state index in [0.29, 0.717) is 0 Å². The lowest BCUT2D eigenvalue weighted by molar-refractivity contribution is -0.381. The average Bonchev–Trinajstić information content (AvgIpc) is 3.27. The first-order valence-corrected chi connectivity index (χ1v) is 20.8. The summed E-state index contributed by atoms with van der Waals surface area (Å²) >= 11 is 0. The van der Waals surface area contributed by atoms with Crippen LogP contribution >= 0.6 is 0 Å². The van der Waals surface area contributed by atoms with Gasteiger partial charge in [-0.05, 0) is 0 Å². The monoisotopic (exact) mass is 953 g/mol. The van der Waals surface area contributed by atoms with Crippen LogP contribution in [0.15, 0.2) is 0 Å². The third-order valence-electron chi connectivity index (χ3n) is 11.5. The summed E-state index contributed by atoms with van der Waals surface area (Å²) in [6, 6.07) is -3.29. The second-order valence-electron chi connectivity index (χ2n) is 16.1. The molecule has 0 spiro atoms. The van der Waals surface area contributed by atoms with Gasteiger partial charge in [0.25, 0.3) is 0 Å². The number of hydrogen-bond acceptors (Lipinski definition) is 27. The van der Waals surface area contributed by atoms with Crippen molar-refractivity contribution in [2.45, 2.75) is 167 Å². The quantitative estimate of drug-likeness (QED) is 0.0606. The summed E-state index contributed by atoms with van der Waals surface area (Å²) in [5.41, 5.74) is 5.46. The number of rotatable bonds is 18. The van der Waals surface area contributed by atoms with E-state index >= 15 is 0 Å². The van der Waals surface area contributed by atoms with E-state index in [1.54, 1.807) is 0 Å². The van der Waals surface area contributed by atoms with Gasteiger partial charge in [0.2, 0.25) is 11.8 Å². The van der Waals surface area contributed by atoms with Crippen LogP contribution in [-0.2, 0) is 57.0 Å². The van der Waals surface area contributed by atoms with Gasteiger partial charge >= 0.3 is 0 Å². The van der Waals surface area contributed by atoms with E-state index in [1.807, 2.05) is 0 Å². The van der Waals surface area contributed by atoms with E-state index in [-0.39, 0.29) is 13.2 Å². The number of nitrogens with two attached hydrogens (primary N) is 1. The smallest absolute Gasteiger partial charge is 0.217 e. The predicted octanol–water partition coefficient (Wildman–Crippen LogP) is -11.7.